The third-order valence-corrected chi connectivity index (χ3v) is 6.42. The van der Waals surface area contributed by atoms with Crippen molar-refractivity contribution in [2.24, 2.45) is 17.3 Å². The molecule has 2 heteroatoms. The third kappa shape index (κ3) is 1.96. The van der Waals surface area contributed by atoms with E-state index in [-0.39, 0.29) is 11.5 Å². The van der Waals surface area contributed by atoms with Crippen LogP contribution in [0.4, 0.5) is 0 Å². The lowest BCUT2D eigenvalue weighted by Gasteiger charge is -2.52. The second-order valence-electron chi connectivity index (χ2n) is 7.20. The van der Waals surface area contributed by atoms with Gasteiger partial charge in [-0.3, -0.25) is 0 Å². The highest BCUT2D eigenvalue weighted by Crippen LogP contribution is 2.55. The van der Waals surface area contributed by atoms with Gasteiger partial charge >= 0.3 is 0 Å². The minimum absolute atomic E-state index is 0.0512. The Balaban J connectivity index is 1.94. The molecule has 5 unspecified atom stereocenters. The number of aliphatic hydroxyl groups is 1. The van der Waals surface area contributed by atoms with E-state index in [0.717, 1.165) is 19.3 Å². The molecule has 1 saturated carbocycles. The van der Waals surface area contributed by atoms with Gasteiger partial charge in [-0.05, 0) is 79.0 Å². The zero-order valence-corrected chi connectivity index (χ0v) is 12.8. The van der Waals surface area contributed by atoms with Gasteiger partial charge in [0, 0.05) is 0 Å². The summed E-state index contributed by atoms with van der Waals surface area (Å²) in [6, 6.07) is 5.90. The van der Waals surface area contributed by atoms with Gasteiger partial charge in [-0.25, -0.2) is 0 Å². The number of hydrogen-bond acceptors (Lipinski definition) is 2. The van der Waals surface area contributed by atoms with Crippen molar-refractivity contribution in [3.8, 4) is 5.75 Å². The zero-order chi connectivity index (χ0) is 14.5. The van der Waals surface area contributed by atoms with Gasteiger partial charge in [0.2, 0.25) is 0 Å². The monoisotopic (exact) mass is 274 g/mol. The summed E-state index contributed by atoms with van der Waals surface area (Å²) in [6.45, 7) is 6.53. The Hall–Kier alpha value is -1.02. The molecule has 1 fully saturated rings. The highest BCUT2D eigenvalue weighted by molar-refractivity contribution is 5.39. The number of phenolic OH excluding ortho intramolecular Hbond substituents is 1. The number of hydrogen-bond donors (Lipinski definition) is 2. The molecule has 3 rings (SSSR count). The van der Waals surface area contributed by atoms with Crippen molar-refractivity contribution in [2.45, 2.75) is 58.5 Å². The lowest BCUT2D eigenvalue weighted by atomic mass is 9.54. The van der Waals surface area contributed by atoms with Gasteiger partial charge in [-0.15, -0.1) is 0 Å². The van der Waals surface area contributed by atoms with Crippen molar-refractivity contribution in [3.63, 3.8) is 0 Å². The maximum Gasteiger partial charge on any atom is 0.115 e. The van der Waals surface area contributed by atoms with Crippen molar-refractivity contribution >= 4 is 0 Å². The Bertz CT molecular complexity index is 508. The Morgan fingerprint density at radius 1 is 1.30 bits per heavy atom. The van der Waals surface area contributed by atoms with Gasteiger partial charge in [-0.1, -0.05) is 19.9 Å². The number of phenols is 1. The molecule has 0 radical (unpaired) electrons. The topological polar surface area (TPSA) is 40.5 Å². The predicted octanol–water partition coefficient (Wildman–Crippen LogP) is 3.86. The second kappa shape index (κ2) is 4.77. The van der Waals surface area contributed by atoms with Crippen molar-refractivity contribution in [1.82, 2.24) is 0 Å². The average Bonchev–Trinajstić information content (AvgIpc) is 2.42. The summed E-state index contributed by atoms with van der Waals surface area (Å²) in [4.78, 5) is 0. The van der Waals surface area contributed by atoms with Crippen LogP contribution in [0.3, 0.4) is 0 Å². The van der Waals surface area contributed by atoms with Crippen molar-refractivity contribution < 1.29 is 10.2 Å². The summed E-state index contributed by atoms with van der Waals surface area (Å²) in [7, 11) is 0. The first kappa shape index (κ1) is 13.9. The standard InChI is InChI=1S/C18H26O2/c1-11-15-6-4-13-10-14(20)5-7-16(13)17(15)8-9-18(11,3)12(2)19/h5,7,10-12,15,17,19-20H,4,6,8-9H2,1-3H3. The molecule has 0 heterocycles. The number of aryl methyl sites for hydroxylation is 1. The molecule has 2 nitrogen and oxygen atoms in total. The van der Waals surface area contributed by atoms with E-state index in [2.05, 4.69) is 19.9 Å². The van der Waals surface area contributed by atoms with E-state index in [1.165, 1.54) is 17.5 Å². The highest BCUT2D eigenvalue weighted by atomic mass is 16.3. The van der Waals surface area contributed by atoms with Crippen LogP contribution in [0.1, 0.15) is 57.1 Å². The number of aromatic hydroxyl groups is 1. The molecule has 0 bridgehead atoms. The Morgan fingerprint density at radius 3 is 2.75 bits per heavy atom. The molecule has 0 saturated heterocycles. The summed E-state index contributed by atoms with van der Waals surface area (Å²) >= 11 is 0. The van der Waals surface area contributed by atoms with Crippen LogP contribution in [-0.2, 0) is 6.42 Å². The van der Waals surface area contributed by atoms with Gasteiger partial charge < -0.3 is 10.2 Å². The smallest absolute Gasteiger partial charge is 0.115 e. The van der Waals surface area contributed by atoms with E-state index in [0.29, 0.717) is 23.5 Å². The summed E-state index contributed by atoms with van der Waals surface area (Å²) in [5.41, 5.74) is 2.83. The Labute approximate surface area is 121 Å². The summed E-state index contributed by atoms with van der Waals surface area (Å²) in [5, 5.41) is 19.9. The van der Waals surface area contributed by atoms with Crippen LogP contribution in [0.5, 0.6) is 5.75 Å². The summed E-state index contributed by atoms with van der Waals surface area (Å²) in [6.07, 6.45) is 4.26. The predicted molar refractivity (Wildman–Crippen MR) is 80.8 cm³/mol. The molecule has 5 atom stereocenters. The van der Waals surface area contributed by atoms with E-state index in [4.69, 9.17) is 0 Å². The van der Waals surface area contributed by atoms with Gasteiger partial charge in [0.25, 0.3) is 0 Å². The summed E-state index contributed by atoms with van der Waals surface area (Å²) in [5.74, 6) is 2.21. The quantitative estimate of drug-likeness (QED) is 0.816. The van der Waals surface area contributed by atoms with Crippen LogP contribution in [0, 0.1) is 17.3 Å². The van der Waals surface area contributed by atoms with E-state index in [1.54, 1.807) is 0 Å². The van der Waals surface area contributed by atoms with Gasteiger partial charge in [0.05, 0.1) is 6.10 Å². The Morgan fingerprint density at radius 2 is 2.05 bits per heavy atom. The summed E-state index contributed by atoms with van der Waals surface area (Å²) < 4.78 is 0. The van der Waals surface area contributed by atoms with Crippen LogP contribution in [0.2, 0.25) is 0 Å². The third-order valence-electron chi connectivity index (χ3n) is 6.42. The van der Waals surface area contributed by atoms with E-state index < -0.39 is 0 Å². The van der Waals surface area contributed by atoms with Crippen molar-refractivity contribution in [2.75, 3.05) is 0 Å². The molecular weight excluding hydrogens is 248 g/mol. The zero-order valence-electron chi connectivity index (χ0n) is 12.8. The average molecular weight is 274 g/mol. The van der Waals surface area contributed by atoms with E-state index in [9.17, 15) is 10.2 Å². The molecular formula is C18H26O2. The minimum Gasteiger partial charge on any atom is -0.508 e. The molecule has 0 aromatic heterocycles. The normalized spacial score (nSPS) is 37.9. The fourth-order valence-electron chi connectivity index (χ4n) is 4.66. The van der Waals surface area contributed by atoms with Gasteiger partial charge in [-0.2, -0.15) is 0 Å². The SMILES string of the molecule is CC(O)C1(C)CCC2c3ccc(O)cc3CCC2C1C. The minimum atomic E-state index is -0.236. The molecule has 20 heavy (non-hydrogen) atoms. The molecule has 2 N–H and O–H groups in total. The van der Waals surface area contributed by atoms with Crippen LogP contribution in [0.15, 0.2) is 18.2 Å². The van der Waals surface area contributed by atoms with Gasteiger partial charge in [0.15, 0.2) is 0 Å². The van der Waals surface area contributed by atoms with Crippen LogP contribution >= 0.6 is 0 Å². The number of fused-ring (bicyclic) bond motifs is 3. The molecule has 2 aliphatic rings. The molecule has 110 valence electrons. The molecule has 0 amide bonds. The lowest BCUT2D eigenvalue weighted by Crippen LogP contribution is -2.46. The van der Waals surface area contributed by atoms with Crippen LogP contribution < -0.4 is 0 Å². The number of rotatable bonds is 1. The lowest BCUT2D eigenvalue weighted by molar-refractivity contribution is -0.0520. The molecule has 1 aromatic carbocycles. The van der Waals surface area contributed by atoms with Crippen LogP contribution in [0.25, 0.3) is 0 Å². The van der Waals surface area contributed by atoms with Crippen molar-refractivity contribution in [3.05, 3.63) is 29.3 Å². The molecule has 0 spiro atoms. The highest BCUT2D eigenvalue weighted by Gasteiger charge is 2.48. The number of benzene rings is 1. The first-order valence-corrected chi connectivity index (χ1v) is 7.93. The maximum atomic E-state index is 10.2. The van der Waals surface area contributed by atoms with Crippen molar-refractivity contribution in [1.29, 1.82) is 0 Å². The maximum absolute atomic E-state index is 10.2. The fourth-order valence-corrected chi connectivity index (χ4v) is 4.66. The van der Waals surface area contributed by atoms with E-state index >= 15 is 0 Å². The van der Waals surface area contributed by atoms with Crippen LogP contribution in [-0.4, -0.2) is 16.3 Å². The molecule has 0 aliphatic heterocycles. The van der Waals surface area contributed by atoms with Gasteiger partial charge in [0.1, 0.15) is 5.75 Å². The molecule has 1 aromatic rings. The fraction of sp³-hybridized carbons (Fsp3) is 0.667. The van der Waals surface area contributed by atoms with E-state index in [1.807, 2.05) is 19.1 Å². The molecule has 2 aliphatic carbocycles. The second-order valence-corrected chi connectivity index (χ2v) is 7.20. The Kier molecular flexibility index (Phi) is 3.32. The first-order chi connectivity index (χ1) is 9.43. The number of aliphatic hydroxyl groups excluding tert-OH is 1. The largest absolute Gasteiger partial charge is 0.508 e. The first-order valence-electron chi connectivity index (χ1n) is 7.93.